The standard InChI is InChI=1S/C31H40N2O2/c1-22-12-13-26-29(18-22)35-17-15-31(26)21-32-20-27(31)30(34)33-16-14-25(23-8-4-2-5-9-23)19-28(33)24-10-6-3-7-11-24/h2,4-5,8-9,12-13,18,24-25,27-28,32H,3,6-7,10-11,14-17,19-21H2,1H3/p+1/t25-,27+,28+,31+/m1/s1. The van der Waals surface area contributed by atoms with Crippen molar-refractivity contribution in [1.82, 2.24) is 4.90 Å². The average Bonchev–Trinajstić information content (AvgIpc) is 3.32. The van der Waals surface area contributed by atoms with E-state index in [4.69, 9.17) is 4.74 Å². The molecule has 3 aliphatic heterocycles. The maximum atomic E-state index is 14.5. The number of aryl methyl sites for hydroxylation is 1. The molecule has 4 nitrogen and oxygen atoms in total. The predicted octanol–water partition coefficient (Wildman–Crippen LogP) is 4.56. The maximum absolute atomic E-state index is 14.5. The fourth-order valence-corrected chi connectivity index (χ4v) is 7.89. The van der Waals surface area contributed by atoms with E-state index >= 15 is 0 Å². The van der Waals surface area contributed by atoms with Crippen LogP contribution in [0.5, 0.6) is 5.75 Å². The SMILES string of the molecule is Cc1ccc2c(c1)OCC[C@]21C[NH2+]C[C@H]1C(=O)N1CC[C@@H](c2ccccc2)C[C@H]1C1CCCCC1. The Morgan fingerprint density at radius 3 is 2.71 bits per heavy atom. The van der Waals surface area contributed by atoms with Gasteiger partial charge in [-0.3, -0.25) is 4.79 Å². The monoisotopic (exact) mass is 473 g/mol. The van der Waals surface area contributed by atoms with Gasteiger partial charge in [-0.25, -0.2) is 0 Å². The third-order valence-corrected chi connectivity index (χ3v) is 9.75. The first-order valence-electron chi connectivity index (χ1n) is 14.1. The van der Waals surface area contributed by atoms with Crippen molar-refractivity contribution in [3.63, 3.8) is 0 Å². The van der Waals surface area contributed by atoms with Gasteiger partial charge in [0, 0.05) is 18.2 Å². The smallest absolute Gasteiger partial charge is 0.232 e. The first-order valence-corrected chi connectivity index (χ1v) is 14.1. The molecule has 4 heteroatoms. The normalized spacial score (nSPS) is 31.2. The second kappa shape index (κ2) is 9.61. The molecule has 0 unspecified atom stereocenters. The Morgan fingerprint density at radius 1 is 1.06 bits per heavy atom. The van der Waals surface area contributed by atoms with Crippen LogP contribution < -0.4 is 10.1 Å². The Morgan fingerprint density at radius 2 is 1.89 bits per heavy atom. The molecule has 1 spiro atoms. The molecule has 4 aliphatic rings. The van der Waals surface area contributed by atoms with Crippen molar-refractivity contribution >= 4 is 5.91 Å². The van der Waals surface area contributed by atoms with Crippen molar-refractivity contribution < 1.29 is 14.8 Å². The number of hydrogen-bond donors (Lipinski definition) is 1. The molecule has 2 aromatic carbocycles. The van der Waals surface area contributed by atoms with Crippen molar-refractivity contribution in [3.05, 3.63) is 65.2 Å². The molecule has 186 valence electrons. The van der Waals surface area contributed by atoms with Crippen molar-refractivity contribution in [2.45, 2.75) is 75.7 Å². The Balaban J connectivity index is 1.30. The minimum Gasteiger partial charge on any atom is -0.493 e. The second-order valence-corrected chi connectivity index (χ2v) is 11.7. The number of amides is 1. The first-order chi connectivity index (χ1) is 17.2. The van der Waals surface area contributed by atoms with Gasteiger partial charge in [0.05, 0.1) is 25.1 Å². The van der Waals surface area contributed by atoms with E-state index in [9.17, 15) is 4.79 Å². The zero-order valence-corrected chi connectivity index (χ0v) is 21.3. The fourth-order valence-electron chi connectivity index (χ4n) is 7.89. The van der Waals surface area contributed by atoms with Crippen LogP contribution in [-0.4, -0.2) is 43.1 Å². The summed E-state index contributed by atoms with van der Waals surface area (Å²) in [6.07, 6.45) is 9.74. The molecule has 2 N–H and O–H groups in total. The number of rotatable bonds is 3. The molecular formula is C31H41N2O2+. The van der Waals surface area contributed by atoms with Crippen LogP contribution in [0.25, 0.3) is 0 Å². The van der Waals surface area contributed by atoms with Crippen LogP contribution in [0.3, 0.4) is 0 Å². The van der Waals surface area contributed by atoms with Crippen LogP contribution in [-0.2, 0) is 10.2 Å². The highest BCUT2D eigenvalue weighted by atomic mass is 16.5. The number of piperidine rings is 1. The molecule has 0 aromatic heterocycles. The molecule has 35 heavy (non-hydrogen) atoms. The van der Waals surface area contributed by atoms with Crippen LogP contribution in [0.1, 0.15) is 74.0 Å². The van der Waals surface area contributed by atoms with Gasteiger partial charge in [0.1, 0.15) is 11.7 Å². The summed E-state index contributed by atoms with van der Waals surface area (Å²) >= 11 is 0. The number of ether oxygens (including phenoxy) is 1. The van der Waals surface area contributed by atoms with Crippen molar-refractivity contribution in [3.8, 4) is 5.75 Å². The fraction of sp³-hybridized carbons (Fsp3) is 0.581. The molecule has 2 aromatic rings. The molecule has 4 atom stereocenters. The Labute approximate surface area is 210 Å². The molecule has 2 saturated heterocycles. The lowest BCUT2D eigenvalue weighted by atomic mass is 9.67. The van der Waals surface area contributed by atoms with Crippen molar-refractivity contribution in [2.75, 3.05) is 26.2 Å². The lowest BCUT2D eigenvalue weighted by Crippen LogP contribution is -2.82. The number of carbonyl (C=O) groups excluding carboxylic acids is 1. The van der Waals surface area contributed by atoms with Crippen LogP contribution >= 0.6 is 0 Å². The summed E-state index contributed by atoms with van der Waals surface area (Å²) in [4.78, 5) is 16.9. The van der Waals surface area contributed by atoms with Gasteiger partial charge in [-0.15, -0.1) is 0 Å². The minimum absolute atomic E-state index is 0.0484. The van der Waals surface area contributed by atoms with E-state index in [2.05, 4.69) is 65.7 Å². The molecule has 3 heterocycles. The zero-order chi connectivity index (χ0) is 23.8. The largest absolute Gasteiger partial charge is 0.493 e. The summed E-state index contributed by atoms with van der Waals surface area (Å²) in [7, 11) is 0. The van der Waals surface area contributed by atoms with Gasteiger partial charge in [0.2, 0.25) is 5.91 Å². The number of benzene rings is 2. The summed E-state index contributed by atoms with van der Waals surface area (Å²) in [5, 5.41) is 2.39. The van der Waals surface area contributed by atoms with E-state index < -0.39 is 0 Å². The quantitative estimate of drug-likeness (QED) is 0.710. The summed E-state index contributed by atoms with van der Waals surface area (Å²) < 4.78 is 6.11. The molecule has 1 aliphatic carbocycles. The van der Waals surface area contributed by atoms with Gasteiger partial charge in [-0.05, 0) is 68.1 Å². The van der Waals surface area contributed by atoms with Gasteiger partial charge >= 0.3 is 0 Å². The number of fused-ring (bicyclic) bond motifs is 2. The number of hydrogen-bond acceptors (Lipinski definition) is 2. The van der Waals surface area contributed by atoms with Crippen LogP contribution in [0, 0.1) is 18.8 Å². The van der Waals surface area contributed by atoms with E-state index in [0.29, 0.717) is 23.8 Å². The lowest BCUT2D eigenvalue weighted by Gasteiger charge is -2.47. The van der Waals surface area contributed by atoms with Gasteiger partial charge in [0.25, 0.3) is 0 Å². The van der Waals surface area contributed by atoms with E-state index in [1.807, 2.05) is 0 Å². The van der Waals surface area contributed by atoms with Crippen molar-refractivity contribution in [1.29, 1.82) is 0 Å². The summed E-state index contributed by atoms with van der Waals surface area (Å²) in [5.41, 5.74) is 3.87. The highest BCUT2D eigenvalue weighted by Crippen LogP contribution is 2.47. The highest BCUT2D eigenvalue weighted by Gasteiger charge is 2.55. The molecule has 1 saturated carbocycles. The highest BCUT2D eigenvalue weighted by molar-refractivity contribution is 5.82. The van der Waals surface area contributed by atoms with E-state index in [1.165, 1.54) is 48.8 Å². The Bertz CT molecular complexity index is 1050. The molecule has 3 fully saturated rings. The average molecular weight is 474 g/mol. The summed E-state index contributed by atoms with van der Waals surface area (Å²) in [6, 6.07) is 18.1. The van der Waals surface area contributed by atoms with Gasteiger partial charge in [-0.1, -0.05) is 61.7 Å². The third-order valence-electron chi connectivity index (χ3n) is 9.75. The summed E-state index contributed by atoms with van der Waals surface area (Å²) in [5.74, 6) is 2.71. The zero-order valence-electron chi connectivity index (χ0n) is 21.3. The molecule has 1 amide bonds. The molecular weight excluding hydrogens is 432 g/mol. The topological polar surface area (TPSA) is 46.1 Å². The first kappa shape index (κ1) is 23.1. The maximum Gasteiger partial charge on any atom is 0.232 e. The van der Waals surface area contributed by atoms with Crippen molar-refractivity contribution in [2.24, 2.45) is 11.8 Å². The molecule has 0 radical (unpaired) electrons. The second-order valence-electron chi connectivity index (χ2n) is 11.7. The van der Waals surface area contributed by atoms with Crippen LogP contribution in [0.2, 0.25) is 0 Å². The van der Waals surface area contributed by atoms with E-state index in [-0.39, 0.29) is 11.3 Å². The number of quaternary nitrogens is 1. The van der Waals surface area contributed by atoms with Gasteiger partial charge in [0.15, 0.2) is 0 Å². The number of nitrogens with two attached hydrogens (primary N) is 1. The van der Waals surface area contributed by atoms with Crippen LogP contribution in [0.4, 0.5) is 0 Å². The molecule has 0 bridgehead atoms. The lowest BCUT2D eigenvalue weighted by molar-refractivity contribution is -0.640. The number of likely N-dealkylation sites (tertiary alicyclic amines) is 1. The third kappa shape index (κ3) is 4.18. The van der Waals surface area contributed by atoms with Gasteiger partial charge in [-0.2, -0.15) is 0 Å². The summed E-state index contributed by atoms with van der Waals surface area (Å²) in [6.45, 7) is 5.65. The van der Waals surface area contributed by atoms with Gasteiger partial charge < -0.3 is 15.0 Å². The minimum atomic E-state index is -0.0915. The van der Waals surface area contributed by atoms with Crippen LogP contribution in [0.15, 0.2) is 48.5 Å². The Kier molecular flexibility index (Phi) is 6.34. The number of carbonyl (C=O) groups is 1. The number of nitrogens with zero attached hydrogens (tertiary/aromatic N) is 1. The Hall–Kier alpha value is -2.33. The molecule has 6 rings (SSSR count). The van der Waals surface area contributed by atoms with E-state index in [1.54, 1.807) is 0 Å². The predicted molar refractivity (Wildman–Crippen MR) is 139 cm³/mol. The van der Waals surface area contributed by atoms with E-state index in [0.717, 1.165) is 51.3 Å².